The molecule has 2 atom stereocenters. The topological polar surface area (TPSA) is 40.9 Å². The highest BCUT2D eigenvalue weighted by Gasteiger charge is 2.47. The maximum atomic E-state index is 11.0. The van der Waals surface area contributed by atoms with E-state index in [-0.39, 0.29) is 11.5 Å². The number of hydrogen-bond donors (Lipinski definition) is 1. The van der Waals surface area contributed by atoms with Gasteiger partial charge in [0.05, 0.1) is 0 Å². The van der Waals surface area contributed by atoms with Crippen LogP contribution in [0.2, 0.25) is 0 Å². The van der Waals surface area contributed by atoms with Crippen molar-refractivity contribution in [3.8, 4) is 0 Å². The van der Waals surface area contributed by atoms with E-state index in [2.05, 4.69) is 6.92 Å². The SMILES string of the molecule is CC(=O)C(=N)C1=C(C)C[C@H]2CC12. The van der Waals surface area contributed by atoms with Gasteiger partial charge in [-0.3, -0.25) is 10.2 Å². The molecule has 12 heavy (non-hydrogen) atoms. The standard InChI is InChI=1S/C10H13NO/c1-5-3-7-4-8(7)9(5)10(11)6(2)12/h7-8,11H,3-4H2,1-2H3/t7-,8?/m0/s1. The summed E-state index contributed by atoms with van der Waals surface area (Å²) in [5.41, 5.74) is 2.60. The van der Waals surface area contributed by atoms with Gasteiger partial charge in [-0.25, -0.2) is 0 Å². The smallest absolute Gasteiger partial charge is 0.177 e. The Bertz CT molecular complexity index is 301. The summed E-state index contributed by atoms with van der Waals surface area (Å²) in [6, 6.07) is 0. The van der Waals surface area contributed by atoms with Crippen molar-refractivity contribution in [3.63, 3.8) is 0 Å². The number of carbonyl (C=O) groups is 1. The zero-order valence-corrected chi connectivity index (χ0v) is 7.48. The van der Waals surface area contributed by atoms with Gasteiger partial charge in [0.1, 0.15) is 5.71 Å². The molecule has 1 N–H and O–H groups in total. The normalized spacial score (nSPS) is 31.8. The first-order valence-electron chi connectivity index (χ1n) is 4.40. The minimum Gasteiger partial charge on any atom is -0.297 e. The molecule has 2 aliphatic carbocycles. The Balaban J connectivity index is 2.27. The lowest BCUT2D eigenvalue weighted by Crippen LogP contribution is -2.13. The van der Waals surface area contributed by atoms with Gasteiger partial charge in [0.25, 0.3) is 0 Å². The van der Waals surface area contributed by atoms with Crippen molar-refractivity contribution in [2.24, 2.45) is 11.8 Å². The lowest BCUT2D eigenvalue weighted by Gasteiger charge is -2.04. The van der Waals surface area contributed by atoms with Crippen molar-refractivity contribution in [2.75, 3.05) is 0 Å². The summed E-state index contributed by atoms with van der Waals surface area (Å²) in [6.45, 7) is 3.54. The fraction of sp³-hybridized carbons (Fsp3) is 0.600. The summed E-state index contributed by atoms with van der Waals surface area (Å²) in [5.74, 6) is 1.26. The molecule has 0 saturated heterocycles. The van der Waals surface area contributed by atoms with E-state index in [1.807, 2.05) is 0 Å². The number of ketones is 1. The number of rotatable bonds is 2. The van der Waals surface area contributed by atoms with E-state index in [0.29, 0.717) is 5.92 Å². The van der Waals surface area contributed by atoms with Gasteiger partial charge in [-0.1, -0.05) is 5.57 Å². The Morgan fingerprint density at radius 1 is 1.58 bits per heavy atom. The van der Waals surface area contributed by atoms with Crippen molar-refractivity contribution in [2.45, 2.75) is 26.7 Å². The molecule has 0 aromatic carbocycles. The van der Waals surface area contributed by atoms with Gasteiger partial charge in [-0.15, -0.1) is 0 Å². The van der Waals surface area contributed by atoms with Gasteiger partial charge < -0.3 is 0 Å². The second-order valence-corrected chi connectivity index (χ2v) is 3.93. The molecule has 64 valence electrons. The number of allylic oxidation sites excluding steroid dienone is 2. The molecule has 0 spiro atoms. The van der Waals surface area contributed by atoms with Crippen molar-refractivity contribution >= 4 is 11.5 Å². The van der Waals surface area contributed by atoms with E-state index in [9.17, 15) is 4.79 Å². The summed E-state index contributed by atoms with van der Waals surface area (Å²) in [7, 11) is 0. The molecule has 0 amide bonds. The van der Waals surface area contributed by atoms with Crippen molar-refractivity contribution in [3.05, 3.63) is 11.1 Å². The van der Waals surface area contributed by atoms with Gasteiger partial charge in [-0.05, 0) is 37.2 Å². The first kappa shape index (κ1) is 7.71. The molecule has 2 heteroatoms. The molecule has 0 heterocycles. The molecule has 0 radical (unpaired) electrons. The summed E-state index contributed by atoms with van der Waals surface area (Å²) < 4.78 is 0. The number of Topliss-reactive ketones (excluding diaryl/α,β-unsaturated/α-hetero) is 1. The predicted molar refractivity (Wildman–Crippen MR) is 47.3 cm³/mol. The van der Waals surface area contributed by atoms with E-state index in [1.54, 1.807) is 0 Å². The number of carbonyl (C=O) groups excluding carboxylic acids is 1. The number of nitrogens with one attached hydrogen (secondary N) is 1. The van der Waals surface area contributed by atoms with Crippen LogP contribution in [0.15, 0.2) is 11.1 Å². The van der Waals surface area contributed by atoms with E-state index in [1.165, 1.54) is 18.9 Å². The number of fused-ring (bicyclic) bond motifs is 1. The zero-order valence-electron chi connectivity index (χ0n) is 7.48. The number of hydrogen-bond acceptors (Lipinski definition) is 2. The van der Waals surface area contributed by atoms with Crippen molar-refractivity contribution in [1.29, 1.82) is 5.41 Å². The minimum absolute atomic E-state index is 0.0862. The van der Waals surface area contributed by atoms with E-state index in [0.717, 1.165) is 17.9 Å². The van der Waals surface area contributed by atoms with Gasteiger partial charge in [0.15, 0.2) is 5.78 Å². The van der Waals surface area contributed by atoms with Crippen LogP contribution in [0.3, 0.4) is 0 Å². The van der Waals surface area contributed by atoms with Crippen LogP contribution < -0.4 is 0 Å². The fourth-order valence-corrected chi connectivity index (χ4v) is 2.23. The third kappa shape index (κ3) is 0.942. The molecule has 0 aromatic rings. The second-order valence-electron chi connectivity index (χ2n) is 3.93. The van der Waals surface area contributed by atoms with Gasteiger partial charge >= 0.3 is 0 Å². The van der Waals surface area contributed by atoms with Crippen LogP contribution in [-0.4, -0.2) is 11.5 Å². The van der Waals surface area contributed by atoms with Crippen molar-refractivity contribution < 1.29 is 4.79 Å². The molecule has 0 aromatic heterocycles. The molecule has 0 bridgehead atoms. The monoisotopic (exact) mass is 163 g/mol. The molecular weight excluding hydrogens is 150 g/mol. The molecule has 1 saturated carbocycles. The minimum atomic E-state index is -0.0862. The Labute approximate surface area is 72.2 Å². The van der Waals surface area contributed by atoms with Crippen LogP contribution in [0, 0.1) is 17.2 Å². The highest BCUT2D eigenvalue weighted by Crippen LogP contribution is 2.55. The maximum Gasteiger partial charge on any atom is 0.177 e. The highest BCUT2D eigenvalue weighted by molar-refractivity contribution is 6.44. The van der Waals surface area contributed by atoms with Crippen LogP contribution in [0.4, 0.5) is 0 Å². The Morgan fingerprint density at radius 3 is 2.67 bits per heavy atom. The van der Waals surface area contributed by atoms with Crippen LogP contribution in [0.1, 0.15) is 26.7 Å². The lowest BCUT2D eigenvalue weighted by atomic mass is 10.0. The van der Waals surface area contributed by atoms with E-state index < -0.39 is 0 Å². The molecule has 2 rings (SSSR count). The van der Waals surface area contributed by atoms with E-state index in [4.69, 9.17) is 5.41 Å². The third-order valence-electron chi connectivity index (χ3n) is 2.94. The lowest BCUT2D eigenvalue weighted by molar-refractivity contribution is -0.111. The first-order valence-corrected chi connectivity index (χ1v) is 4.40. The second kappa shape index (κ2) is 2.28. The summed E-state index contributed by atoms with van der Waals surface area (Å²) in [4.78, 5) is 11.0. The Kier molecular flexibility index (Phi) is 1.47. The van der Waals surface area contributed by atoms with Crippen LogP contribution in [0.25, 0.3) is 0 Å². The summed E-state index contributed by atoms with van der Waals surface area (Å²) in [5, 5.41) is 7.62. The zero-order chi connectivity index (χ0) is 8.88. The molecule has 1 fully saturated rings. The van der Waals surface area contributed by atoms with Crippen LogP contribution in [-0.2, 0) is 4.79 Å². The third-order valence-corrected chi connectivity index (χ3v) is 2.94. The molecule has 2 nitrogen and oxygen atoms in total. The quantitative estimate of drug-likeness (QED) is 0.621. The van der Waals surface area contributed by atoms with Crippen molar-refractivity contribution in [1.82, 2.24) is 0 Å². The fourth-order valence-electron chi connectivity index (χ4n) is 2.23. The van der Waals surface area contributed by atoms with Gasteiger partial charge in [0, 0.05) is 6.92 Å². The van der Waals surface area contributed by atoms with Crippen LogP contribution in [0.5, 0.6) is 0 Å². The first-order chi connectivity index (χ1) is 5.61. The molecule has 2 aliphatic rings. The van der Waals surface area contributed by atoms with E-state index >= 15 is 0 Å². The summed E-state index contributed by atoms with van der Waals surface area (Å²) >= 11 is 0. The van der Waals surface area contributed by atoms with Crippen LogP contribution >= 0.6 is 0 Å². The molecular formula is C10H13NO. The largest absolute Gasteiger partial charge is 0.297 e. The Morgan fingerprint density at radius 2 is 2.25 bits per heavy atom. The van der Waals surface area contributed by atoms with Gasteiger partial charge in [0.2, 0.25) is 0 Å². The average Bonchev–Trinajstić information content (AvgIpc) is 2.62. The highest BCUT2D eigenvalue weighted by atomic mass is 16.1. The predicted octanol–water partition coefficient (Wildman–Crippen LogP) is 1.95. The average molecular weight is 163 g/mol. The van der Waals surface area contributed by atoms with Gasteiger partial charge in [-0.2, -0.15) is 0 Å². The molecule has 1 unspecified atom stereocenters. The Hall–Kier alpha value is -0.920. The summed E-state index contributed by atoms with van der Waals surface area (Å²) in [6.07, 6.45) is 2.33. The maximum absolute atomic E-state index is 11.0. The molecule has 0 aliphatic heterocycles.